The second-order valence-corrected chi connectivity index (χ2v) is 7.06. The Morgan fingerprint density at radius 3 is 2.36 bits per heavy atom. The predicted octanol–water partition coefficient (Wildman–Crippen LogP) is 5.14. The van der Waals surface area contributed by atoms with Crippen LogP contribution in [0.1, 0.15) is 47.3 Å². The lowest BCUT2D eigenvalue weighted by atomic mass is 9.98. The second kappa shape index (κ2) is 8.35. The molecule has 0 saturated heterocycles. The molecule has 3 rings (SSSR count). The molecule has 1 amide bonds. The SMILES string of the molecule is CCN(CC)Cc1ccc(C(=O)N2CCCc3cc(C(F)(F)F)ccc32)cc1. The number of amides is 1. The molecule has 1 aliphatic heterocycles. The predicted molar refractivity (Wildman–Crippen MR) is 105 cm³/mol. The lowest BCUT2D eigenvalue weighted by Crippen LogP contribution is -2.35. The molecule has 28 heavy (non-hydrogen) atoms. The molecule has 0 fully saturated rings. The van der Waals surface area contributed by atoms with Crippen LogP contribution in [0.3, 0.4) is 0 Å². The van der Waals surface area contributed by atoms with Crippen LogP contribution in [0.5, 0.6) is 0 Å². The number of fused-ring (bicyclic) bond motifs is 1. The van der Waals surface area contributed by atoms with Crippen LogP contribution in [0, 0.1) is 0 Å². The molecule has 1 aliphatic rings. The zero-order valence-corrected chi connectivity index (χ0v) is 16.2. The molecular formula is C22H25F3N2O. The van der Waals surface area contributed by atoms with Crippen LogP contribution in [0.4, 0.5) is 18.9 Å². The van der Waals surface area contributed by atoms with Gasteiger partial charge in [-0.3, -0.25) is 9.69 Å². The van der Waals surface area contributed by atoms with Crippen molar-refractivity contribution in [3.05, 3.63) is 64.7 Å². The van der Waals surface area contributed by atoms with Crippen molar-refractivity contribution < 1.29 is 18.0 Å². The van der Waals surface area contributed by atoms with Gasteiger partial charge in [-0.2, -0.15) is 13.2 Å². The average Bonchev–Trinajstić information content (AvgIpc) is 2.70. The van der Waals surface area contributed by atoms with Crippen molar-refractivity contribution in [3.8, 4) is 0 Å². The van der Waals surface area contributed by atoms with Gasteiger partial charge in [0.2, 0.25) is 0 Å². The van der Waals surface area contributed by atoms with E-state index >= 15 is 0 Å². The van der Waals surface area contributed by atoms with Crippen LogP contribution in [0.2, 0.25) is 0 Å². The topological polar surface area (TPSA) is 23.6 Å². The van der Waals surface area contributed by atoms with Gasteiger partial charge in [0.05, 0.1) is 5.56 Å². The molecule has 0 saturated carbocycles. The van der Waals surface area contributed by atoms with Crippen molar-refractivity contribution in [2.45, 2.75) is 39.4 Å². The molecule has 3 nitrogen and oxygen atoms in total. The van der Waals surface area contributed by atoms with Crippen molar-refractivity contribution in [1.29, 1.82) is 0 Å². The van der Waals surface area contributed by atoms with E-state index < -0.39 is 11.7 Å². The molecule has 1 heterocycles. The fourth-order valence-corrected chi connectivity index (χ4v) is 3.60. The molecule has 0 unspecified atom stereocenters. The molecule has 0 N–H and O–H groups in total. The van der Waals surface area contributed by atoms with Crippen LogP contribution in [-0.2, 0) is 19.1 Å². The van der Waals surface area contributed by atoms with Gasteiger partial charge >= 0.3 is 6.18 Å². The van der Waals surface area contributed by atoms with Crippen molar-refractivity contribution in [2.75, 3.05) is 24.5 Å². The molecule has 0 spiro atoms. The maximum absolute atomic E-state index is 13.0. The number of anilines is 1. The third-order valence-electron chi connectivity index (χ3n) is 5.27. The normalized spacial score (nSPS) is 14.3. The Balaban J connectivity index is 1.80. The Kier molecular flexibility index (Phi) is 6.08. The second-order valence-electron chi connectivity index (χ2n) is 7.06. The lowest BCUT2D eigenvalue weighted by Gasteiger charge is -2.30. The van der Waals surface area contributed by atoms with Crippen LogP contribution in [0.25, 0.3) is 0 Å². The Hall–Kier alpha value is -2.34. The number of halogens is 3. The largest absolute Gasteiger partial charge is 0.416 e. The van der Waals surface area contributed by atoms with Crippen LogP contribution in [0.15, 0.2) is 42.5 Å². The van der Waals surface area contributed by atoms with Gasteiger partial charge in [0, 0.05) is 24.3 Å². The first-order chi connectivity index (χ1) is 13.3. The van der Waals surface area contributed by atoms with Crippen molar-refractivity contribution in [3.63, 3.8) is 0 Å². The highest BCUT2D eigenvalue weighted by molar-refractivity contribution is 6.06. The van der Waals surface area contributed by atoms with Gasteiger partial charge in [-0.05, 0) is 67.4 Å². The highest BCUT2D eigenvalue weighted by Gasteiger charge is 2.32. The van der Waals surface area contributed by atoms with Gasteiger partial charge in [0.1, 0.15) is 0 Å². The summed E-state index contributed by atoms with van der Waals surface area (Å²) in [5.41, 5.74) is 2.18. The van der Waals surface area contributed by atoms with E-state index in [1.807, 2.05) is 12.1 Å². The van der Waals surface area contributed by atoms with Gasteiger partial charge in [-0.1, -0.05) is 26.0 Å². The highest BCUT2D eigenvalue weighted by atomic mass is 19.4. The molecule has 0 radical (unpaired) electrons. The maximum Gasteiger partial charge on any atom is 0.416 e. The van der Waals surface area contributed by atoms with Crippen LogP contribution in [-0.4, -0.2) is 30.4 Å². The first kappa shape index (κ1) is 20.4. The van der Waals surface area contributed by atoms with Crippen LogP contribution < -0.4 is 4.90 Å². The fourth-order valence-electron chi connectivity index (χ4n) is 3.60. The van der Waals surface area contributed by atoms with Crippen molar-refractivity contribution in [2.24, 2.45) is 0 Å². The van der Waals surface area contributed by atoms with Crippen molar-refractivity contribution >= 4 is 11.6 Å². The Labute approximate surface area is 163 Å². The van der Waals surface area contributed by atoms with Crippen LogP contribution >= 0.6 is 0 Å². The number of carbonyl (C=O) groups excluding carboxylic acids is 1. The van der Waals surface area contributed by atoms with E-state index in [0.29, 0.717) is 36.2 Å². The highest BCUT2D eigenvalue weighted by Crippen LogP contribution is 2.35. The number of benzene rings is 2. The quantitative estimate of drug-likeness (QED) is 0.706. The summed E-state index contributed by atoms with van der Waals surface area (Å²) < 4.78 is 38.9. The first-order valence-corrected chi connectivity index (χ1v) is 9.66. The molecular weight excluding hydrogens is 365 g/mol. The van der Waals surface area contributed by atoms with Gasteiger partial charge in [0.15, 0.2) is 0 Å². The van der Waals surface area contributed by atoms with Gasteiger partial charge in [-0.15, -0.1) is 0 Å². The number of alkyl halides is 3. The monoisotopic (exact) mass is 390 g/mol. The number of nitrogens with zero attached hydrogens (tertiary/aromatic N) is 2. The minimum absolute atomic E-state index is 0.171. The zero-order chi connectivity index (χ0) is 20.3. The van der Waals surface area contributed by atoms with E-state index in [1.54, 1.807) is 17.0 Å². The summed E-state index contributed by atoms with van der Waals surface area (Å²) >= 11 is 0. The Morgan fingerprint density at radius 1 is 1.07 bits per heavy atom. The zero-order valence-electron chi connectivity index (χ0n) is 16.2. The molecule has 0 aromatic heterocycles. The molecule has 0 aliphatic carbocycles. The smallest absolute Gasteiger partial charge is 0.308 e. The van der Waals surface area contributed by atoms with E-state index in [1.165, 1.54) is 12.1 Å². The third-order valence-corrected chi connectivity index (χ3v) is 5.27. The van der Waals surface area contributed by atoms with Gasteiger partial charge < -0.3 is 4.90 Å². The molecule has 2 aromatic rings. The molecule has 150 valence electrons. The summed E-state index contributed by atoms with van der Waals surface area (Å²) in [4.78, 5) is 16.9. The summed E-state index contributed by atoms with van der Waals surface area (Å²) in [6, 6.07) is 11.1. The Morgan fingerprint density at radius 2 is 1.75 bits per heavy atom. The molecule has 2 aromatic carbocycles. The first-order valence-electron chi connectivity index (χ1n) is 9.66. The van der Waals surface area contributed by atoms with E-state index in [9.17, 15) is 18.0 Å². The molecule has 0 atom stereocenters. The van der Waals surface area contributed by atoms with E-state index in [0.717, 1.165) is 31.3 Å². The summed E-state index contributed by atoms with van der Waals surface area (Å²) in [6.07, 6.45) is -3.17. The van der Waals surface area contributed by atoms with E-state index in [-0.39, 0.29) is 5.91 Å². The third kappa shape index (κ3) is 4.38. The fraction of sp³-hybridized carbons (Fsp3) is 0.409. The minimum Gasteiger partial charge on any atom is -0.308 e. The average molecular weight is 390 g/mol. The number of rotatable bonds is 5. The lowest BCUT2D eigenvalue weighted by molar-refractivity contribution is -0.137. The number of hydrogen-bond acceptors (Lipinski definition) is 2. The number of hydrogen-bond donors (Lipinski definition) is 0. The summed E-state index contributed by atoms with van der Waals surface area (Å²) in [5, 5.41) is 0. The maximum atomic E-state index is 13.0. The molecule has 6 heteroatoms. The van der Waals surface area contributed by atoms with Crippen molar-refractivity contribution in [1.82, 2.24) is 4.90 Å². The standard InChI is InChI=1S/C22H25F3N2O/c1-3-26(4-2)15-16-7-9-17(10-8-16)21(28)27-13-5-6-18-14-19(22(23,24)25)11-12-20(18)27/h7-12,14H,3-6,13,15H2,1-2H3. The summed E-state index contributed by atoms with van der Waals surface area (Å²) in [6.45, 7) is 7.48. The number of aryl methyl sites for hydroxylation is 1. The van der Waals surface area contributed by atoms with Gasteiger partial charge in [-0.25, -0.2) is 0 Å². The summed E-state index contributed by atoms with van der Waals surface area (Å²) in [7, 11) is 0. The van der Waals surface area contributed by atoms with E-state index in [4.69, 9.17) is 0 Å². The summed E-state index contributed by atoms with van der Waals surface area (Å²) in [5.74, 6) is -0.171. The van der Waals surface area contributed by atoms with Gasteiger partial charge in [0.25, 0.3) is 5.91 Å². The van der Waals surface area contributed by atoms with E-state index in [2.05, 4.69) is 18.7 Å². The molecule has 0 bridgehead atoms. The Bertz CT molecular complexity index is 827. The minimum atomic E-state index is -4.37. The number of carbonyl (C=O) groups is 1.